The fourth-order valence-corrected chi connectivity index (χ4v) is 3.90. The zero-order valence-electron chi connectivity index (χ0n) is 11.1. The van der Waals surface area contributed by atoms with Crippen molar-refractivity contribution in [3.05, 3.63) is 21.4 Å². The quantitative estimate of drug-likeness (QED) is 0.657. The summed E-state index contributed by atoms with van der Waals surface area (Å²) < 4.78 is 0. The minimum Gasteiger partial charge on any atom is -0.326 e. The van der Waals surface area contributed by atoms with Crippen molar-refractivity contribution in [2.24, 2.45) is 5.73 Å². The van der Waals surface area contributed by atoms with E-state index >= 15 is 0 Å². The van der Waals surface area contributed by atoms with Crippen LogP contribution >= 0.6 is 11.3 Å². The normalized spacial score (nSPS) is 23.1. The number of carbonyl (C=O) groups excluding carboxylic acids is 3. The summed E-state index contributed by atoms with van der Waals surface area (Å²) in [6, 6.07) is -0.447. The number of carbonyl (C=O) groups is 3. The molecule has 2 aliphatic rings. The average molecular weight is 292 g/mol. The molecule has 106 valence electrons. The smallest absolute Gasteiger partial charge is 0.255 e. The van der Waals surface area contributed by atoms with Gasteiger partial charge in [0, 0.05) is 29.8 Å². The first kappa shape index (κ1) is 13.5. The number of nitrogens with zero attached hydrogens (tertiary/aromatic N) is 1. The molecule has 1 aliphatic carbocycles. The number of rotatable bonds is 2. The van der Waals surface area contributed by atoms with Crippen LogP contribution in [0.15, 0.2) is 5.38 Å². The van der Waals surface area contributed by atoms with Crippen LogP contribution in [0.25, 0.3) is 0 Å². The maximum atomic E-state index is 12.4. The molecule has 2 N–H and O–H groups in total. The molecule has 20 heavy (non-hydrogen) atoms. The Labute approximate surface area is 120 Å². The highest BCUT2D eigenvalue weighted by Crippen LogP contribution is 2.33. The molecule has 1 saturated carbocycles. The molecule has 1 aliphatic heterocycles. The summed E-state index contributed by atoms with van der Waals surface area (Å²) in [4.78, 5) is 38.7. The van der Waals surface area contributed by atoms with E-state index in [4.69, 9.17) is 5.73 Å². The molecule has 1 fully saturated rings. The van der Waals surface area contributed by atoms with E-state index < -0.39 is 6.04 Å². The Morgan fingerprint density at radius 3 is 2.90 bits per heavy atom. The standard InChI is InChI=1S/C14H16N2O3S/c15-5-13-9-6-16(14(19)10(9)7-20-13)11-3-1-2-8(17)4-12(11)18/h7,11H,1-6,15H2/t11-/m0/s1. The molecule has 3 rings (SSSR count). The number of hydrogen-bond acceptors (Lipinski definition) is 5. The van der Waals surface area contributed by atoms with Gasteiger partial charge in [-0.25, -0.2) is 0 Å². The topological polar surface area (TPSA) is 80.5 Å². The second kappa shape index (κ2) is 5.10. The first-order valence-corrected chi connectivity index (χ1v) is 7.64. The fraction of sp³-hybridized carbons (Fsp3) is 0.500. The highest BCUT2D eigenvalue weighted by Gasteiger charge is 2.39. The lowest BCUT2D eigenvalue weighted by molar-refractivity contribution is -0.128. The summed E-state index contributed by atoms with van der Waals surface area (Å²) in [6.45, 7) is 0.868. The molecule has 0 saturated heterocycles. The molecule has 0 radical (unpaired) electrons. The van der Waals surface area contributed by atoms with Crippen molar-refractivity contribution in [2.45, 2.75) is 44.8 Å². The van der Waals surface area contributed by atoms with Crippen LogP contribution in [-0.4, -0.2) is 28.4 Å². The number of thiophene rings is 1. The molecule has 0 spiro atoms. The first-order chi connectivity index (χ1) is 9.61. The molecule has 0 bridgehead atoms. The van der Waals surface area contributed by atoms with Gasteiger partial charge in [0.1, 0.15) is 5.78 Å². The SMILES string of the molecule is NCc1scc2c1CN([C@H]1CCCC(=O)CC1=O)C2=O. The lowest BCUT2D eigenvalue weighted by Crippen LogP contribution is -2.41. The molecule has 0 unspecified atom stereocenters. The van der Waals surface area contributed by atoms with Crippen molar-refractivity contribution < 1.29 is 14.4 Å². The fourth-order valence-electron chi connectivity index (χ4n) is 2.98. The number of Topliss-reactive ketones (excluding diaryl/α,β-unsaturated/α-hetero) is 2. The summed E-state index contributed by atoms with van der Waals surface area (Å²) in [5, 5.41) is 1.83. The van der Waals surface area contributed by atoms with Crippen LogP contribution in [0, 0.1) is 0 Å². The van der Waals surface area contributed by atoms with Crippen LogP contribution in [0.2, 0.25) is 0 Å². The van der Waals surface area contributed by atoms with Gasteiger partial charge in [0.15, 0.2) is 5.78 Å². The average Bonchev–Trinajstić information content (AvgIpc) is 2.90. The molecule has 5 nitrogen and oxygen atoms in total. The van der Waals surface area contributed by atoms with Gasteiger partial charge in [-0.2, -0.15) is 0 Å². The van der Waals surface area contributed by atoms with Crippen molar-refractivity contribution in [3.8, 4) is 0 Å². The molecule has 1 amide bonds. The summed E-state index contributed by atoms with van der Waals surface area (Å²) in [5.74, 6) is -0.228. The van der Waals surface area contributed by atoms with Gasteiger partial charge in [0.2, 0.25) is 0 Å². The molecular weight excluding hydrogens is 276 g/mol. The number of hydrogen-bond donors (Lipinski definition) is 1. The minimum absolute atomic E-state index is 0.0130. The summed E-state index contributed by atoms with van der Waals surface area (Å²) in [6.07, 6.45) is 1.67. The van der Waals surface area contributed by atoms with Crippen LogP contribution in [0.3, 0.4) is 0 Å². The number of amides is 1. The van der Waals surface area contributed by atoms with Gasteiger partial charge in [-0.05, 0) is 18.4 Å². The minimum atomic E-state index is -0.447. The monoisotopic (exact) mass is 292 g/mol. The molecule has 1 atom stereocenters. The molecule has 1 aromatic heterocycles. The summed E-state index contributed by atoms with van der Waals surface area (Å²) in [5.41, 5.74) is 7.32. The largest absolute Gasteiger partial charge is 0.326 e. The van der Waals surface area contributed by atoms with E-state index in [1.807, 2.05) is 5.38 Å². The first-order valence-electron chi connectivity index (χ1n) is 6.76. The van der Waals surface area contributed by atoms with Gasteiger partial charge in [0.25, 0.3) is 5.91 Å². The van der Waals surface area contributed by atoms with Crippen molar-refractivity contribution >= 4 is 28.8 Å². The van der Waals surface area contributed by atoms with E-state index in [-0.39, 0.29) is 23.9 Å². The van der Waals surface area contributed by atoms with Gasteiger partial charge in [-0.1, -0.05) is 0 Å². The van der Waals surface area contributed by atoms with E-state index in [0.29, 0.717) is 37.9 Å². The maximum Gasteiger partial charge on any atom is 0.255 e. The van der Waals surface area contributed by atoms with E-state index in [2.05, 4.69) is 0 Å². The summed E-state index contributed by atoms with van der Waals surface area (Å²) >= 11 is 1.50. The number of nitrogens with two attached hydrogens (primary N) is 1. The van der Waals surface area contributed by atoms with Gasteiger partial charge < -0.3 is 10.6 Å². The molecule has 2 heterocycles. The maximum absolute atomic E-state index is 12.4. The molecule has 0 aromatic carbocycles. The predicted octanol–water partition coefficient (Wildman–Crippen LogP) is 1.24. The van der Waals surface area contributed by atoms with E-state index in [1.54, 1.807) is 4.90 Å². The second-order valence-corrected chi connectivity index (χ2v) is 6.24. The van der Waals surface area contributed by atoms with Gasteiger partial charge in [-0.15, -0.1) is 11.3 Å². The van der Waals surface area contributed by atoms with E-state index in [1.165, 1.54) is 11.3 Å². The molecule has 6 heteroatoms. The van der Waals surface area contributed by atoms with Crippen LogP contribution < -0.4 is 5.73 Å². The van der Waals surface area contributed by atoms with Gasteiger partial charge in [0.05, 0.1) is 18.0 Å². The van der Waals surface area contributed by atoms with Crippen molar-refractivity contribution in [3.63, 3.8) is 0 Å². The van der Waals surface area contributed by atoms with E-state index in [9.17, 15) is 14.4 Å². The zero-order chi connectivity index (χ0) is 14.3. The Bertz CT molecular complexity index is 593. The Morgan fingerprint density at radius 1 is 1.35 bits per heavy atom. The number of ketones is 2. The third kappa shape index (κ3) is 2.09. The highest BCUT2D eigenvalue weighted by atomic mass is 32.1. The lowest BCUT2D eigenvalue weighted by Gasteiger charge is -2.25. The third-order valence-electron chi connectivity index (χ3n) is 4.04. The lowest BCUT2D eigenvalue weighted by atomic mass is 10.1. The van der Waals surface area contributed by atoms with Crippen LogP contribution in [0.1, 0.15) is 46.5 Å². The predicted molar refractivity (Wildman–Crippen MR) is 74.4 cm³/mol. The van der Waals surface area contributed by atoms with Crippen molar-refractivity contribution in [1.82, 2.24) is 4.90 Å². The van der Waals surface area contributed by atoms with Crippen molar-refractivity contribution in [1.29, 1.82) is 0 Å². The second-order valence-electron chi connectivity index (χ2n) is 5.28. The van der Waals surface area contributed by atoms with Crippen LogP contribution in [0.4, 0.5) is 0 Å². The van der Waals surface area contributed by atoms with Gasteiger partial charge in [-0.3, -0.25) is 14.4 Å². The Kier molecular flexibility index (Phi) is 3.43. The zero-order valence-corrected chi connectivity index (χ0v) is 11.9. The van der Waals surface area contributed by atoms with Crippen molar-refractivity contribution in [2.75, 3.05) is 0 Å². The summed E-state index contributed by atoms with van der Waals surface area (Å²) in [7, 11) is 0. The van der Waals surface area contributed by atoms with Crippen LogP contribution in [-0.2, 0) is 22.7 Å². The third-order valence-corrected chi connectivity index (χ3v) is 5.09. The highest BCUT2D eigenvalue weighted by molar-refractivity contribution is 7.10. The van der Waals surface area contributed by atoms with Crippen LogP contribution in [0.5, 0.6) is 0 Å². The molecule has 1 aromatic rings. The Balaban J connectivity index is 1.86. The van der Waals surface area contributed by atoms with E-state index in [0.717, 1.165) is 10.4 Å². The Hall–Kier alpha value is -1.53. The van der Waals surface area contributed by atoms with Gasteiger partial charge >= 0.3 is 0 Å². The molecular formula is C14H16N2O3S. The number of fused-ring (bicyclic) bond motifs is 1. The Morgan fingerprint density at radius 2 is 2.15 bits per heavy atom.